The lowest BCUT2D eigenvalue weighted by Gasteiger charge is -2.34. The first-order valence-electron chi connectivity index (χ1n) is 13.3. The van der Waals surface area contributed by atoms with Gasteiger partial charge in [0.2, 0.25) is 0 Å². The minimum atomic E-state index is -0.00417. The number of hydrogen-bond donors (Lipinski definition) is 0. The number of methoxy groups -OCH3 is 1. The Morgan fingerprint density at radius 3 is 2.32 bits per heavy atom. The fourth-order valence-corrected chi connectivity index (χ4v) is 5.08. The number of piperazine rings is 1. The molecule has 0 atom stereocenters. The molecule has 2 aromatic carbocycles. The van der Waals surface area contributed by atoms with E-state index in [0.29, 0.717) is 24.8 Å². The molecule has 2 aliphatic rings. The number of carbonyl (C=O) groups excluding carboxylic acids is 1. The number of amides is 1. The number of rotatable bonds is 9. The van der Waals surface area contributed by atoms with Crippen LogP contribution in [0.1, 0.15) is 43.7 Å². The van der Waals surface area contributed by atoms with Crippen LogP contribution in [0.15, 0.2) is 53.3 Å². The van der Waals surface area contributed by atoms with Crippen LogP contribution in [0, 0.1) is 5.92 Å². The smallest absolute Gasteiger partial charge is 0.260 e. The molecule has 1 aliphatic carbocycles. The third-order valence-corrected chi connectivity index (χ3v) is 7.53. The Morgan fingerprint density at radius 1 is 0.973 bits per heavy atom. The van der Waals surface area contributed by atoms with E-state index in [4.69, 9.17) is 9.47 Å². The van der Waals surface area contributed by atoms with Gasteiger partial charge in [0.05, 0.1) is 12.6 Å². The molecular weight excluding hydrogens is 466 g/mol. The lowest BCUT2D eigenvalue weighted by Crippen LogP contribution is -2.49. The third kappa shape index (κ3) is 5.99. The van der Waals surface area contributed by atoms with Gasteiger partial charge in [-0.05, 0) is 60.1 Å². The first-order chi connectivity index (χ1) is 17.9. The molecule has 5 rings (SSSR count). The van der Waals surface area contributed by atoms with Crippen molar-refractivity contribution in [2.75, 3.05) is 39.9 Å². The second-order valence-electron chi connectivity index (χ2n) is 10.6. The maximum atomic E-state index is 12.9. The molecule has 7 heteroatoms. The average molecular weight is 504 g/mol. The summed E-state index contributed by atoms with van der Waals surface area (Å²) in [5.74, 6) is 2.32. The molecule has 2 fully saturated rings. The van der Waals surface area contributed by atoms with E-state index in [1.165, 1.54) is 18.4 Å². The summed E-state index contributed by atoms with van der Waals surface area (Å²) in [7, 11) is 1.67. The Bertz CT molecular complexity index is 1300. The van der Waals surface area contributed by atoms with Crippen LogP contribution >= 0.6 is 0 Å². The van der Waals surface area contributed by atoms with Crippen LogP contribution in [0.2, 0.25) is 0 Å². The molecule has 1 amide bonds. The van der Waals surface area contributed by atoms with Crippen molar-refractivity contribution in [2.24, 2.45) is 5.92 Å². The molecule has 0 spiro atoms. The minimum Gasteiger partial charge on any atom is -0.497 e. The monoisotopic (exact) mass is 503 g/mol. The summed E-state index contributed by atoms with van der Waals surface area (Å²) >= 11 is 0. The first-order valence-corrected chi connectivity index (χ1v) is 13.3. The standard InChI is InChI=1S/C30H37N3O4/c1-21(2)27-17-29(34)33(19-23-4-5-23)28-16-25(10-11-26(27)28)37-20-30(35)32-14-12-31(13-15-32)18-22-6-8-24(36-3)9-7-22/h6-11,16-17,21,23H,4-5,12-15,18-20H2,1-3H3. The van der Waals surface area contributed by atoms with Gasteiger partial charge in [-0.3, -0.25) is 14.5 Å². The van der Waals surface area contributed by atoms with E-state index in [1.807, 2.05) is 39.8 Å². The van der Waals surface area contributed by atoms with Crippen molar-refractivity contribution in [3.8, 4) is 11.5 Å². The van der Waals surface area contributed by atoms with Crippen LogP contribution < -0.4 is 15.0 Å². The van der Waals surface area contributed by atoms with Crippen molar-refractivity contribution in [3.63, 3.8) is 0 Å². The van der Waals surface area contributed by atoms with Gasteiger partial charge in [-0.2, -0.15) is 0 Å². The summed E-state index contributed by atoms with van der Waals surface area (Å²) in [6.07, 6.45) is 2.36. The van der Waals surface area contributed by atoms with Crippen LogP contribution in [0.4, 0.5) is 0 Å². The first kappa shape index (κ1) is 25.3. The summed E-state index contributed by atoms with van der Waals surface area (Å²) < 4.78 is 13.1. The second kappa shape index (κ2) is 11.0. The van der Waals surface area contributed by atoms with Gasteiger partial charge in [0, 0.05) is 56.8 Å². The van der Waals surface area contributed by atoms with E-state index in [2.05, 4.69) is 30.9 Å². The number of pyridine rings is 1. The number of carbonyl (C=O) groups is 1. The Hall–Kier alpha value is -3.32. The maximum absolute atomic E-state index is 12.9. The number of ether oxygens (including phenoxy) is 2. The Labute approximate surface area is 218 Å². The SMILES string of the molecule is COc1ccc(CN2CCN(C(=O)COc3ccc4c(C(C)C)cc(=O)n(CC5CC5)c4c3)CC2)cc1. The lowest BCUT2D eigenvalue weighted by molar-refractivity contribution is -0.135. The maximum Gasteiger partial charge on any atom is 0.260 e. The van der Waals surface area contributed by atoms with Gasteiger partial charge in [0.1, 0.15) is 11.5 Å². The molecule has 7 nitrogen and oxygen atoms in total. The highest BCUT2D eigenvalue weighted by Crippen LogP contribution is 2.33. The van der Waals surface area contributed by atoms with Crippen LogP contribution in [-0.2, 0) is 17.9 Å². The highest BCUT2D eigenvalue weighted by Gasteiger charge is 2.24. The zero-order valence-electron chi connectivity index (χ0n) is 22.1. The molecule has 2 heterocycles. The minimum absolute atomic E-state index is 0.000709. The number of benzene rings is 2. The van der Waals surface area contributed by atoms with Gasteiger partial charge < -0.3 is 18.9 Å². The molecule has 0 unspecified atom stereocenters. The largest absolute Gasteiger partial charge is 0.497 e. The summed E-state index contributed by atoms with van der Waals surface area (Å²) in [6.45, 7) is 8.87. The fourth-order valence-electron chi connectivity index (χ4n) is 5.08. The number of nitrogens with zero attached hydrogens (tertiary/aromatic N) is 3. The summed E-state index contributed by atoms with van der Waals surface area (Å²) in [4.78, 5) is 30.1. The molecule has 196 valence electrons. The highest BCUT2D eigenvalue weighted by atomic mass is 16.5. The van der Waals surface area contributed by atoms with Gasteiger partial charge in [-0.25, -0.2) is 0 Å². The lowest BCUT2D eigenvalue weighted by atomic mass is 9.98. The predicted octanol–water partition coefficient (Wildman–Crippen LogP) is 4.27. The second-order valence-corrected chi connectivity index (χ2v) is 10.6. The van der Waals surface area contributed by atoms with E-state index in [0.717, 1.165) is 48.4 Å². The van der Waals surface area contributed by atoms with Gasteiger partial charge >= 0.3 is 0 Å². The zero-order chi connectivity index (χ0) is 25.9. The predicted molar refractivity (Wildman–Crippen MR) is 145 cm³/mol. The van der Waals surface area contributed by atoms with Crippen molar-refractivity contribution in [2.45, 2.75) is 45.7 Å². The van der Waals surface area contributed by atoms with Gasteiger partial charge in [-0.15, -0.1) is 0 Å². The molecule has 1 aliphatic heterocycles. The Morgan fingerprint density at radius 2 is 1.68 bits per heavy atom. The average Bonchev–Trinajstić information content (AvgIpc) is 3.73. The van der Waals surface area contributed by atoms with E-state index < -0.39 is 0 Å². The quantitative estimate of drug-likeness (QED) is 0.437. The molecule has 1 aromatic heterocycles. The van der Waals surface area contributed by atoms with Crippen LogP contribution in [0.25, 0.3) is 10.9 Å². The summed E-state index contributed by atoms with van der Waals surface area (Å²) in [5, 5.41) is 1.09. The topological polar surface area (TPSA) is 64.0 Å². The van der Waals surface area contributed by atoms with Crippen molar-refractivity contribution >= 4 is 16.8 Å². The molecule has 0 N–H and O–H groups in total. The van der Waals surface area contributed by atoms with Crippen LogP contribution in [0.5, 0.6) is 11.5 Å². The molecule has 37 heavy (non-hydrogen) atoms. The summed E-state index contributed by atoms with van der Waals surface area (Å²) in [5.41, 5.74) is 3.24. The van der Waals surface area contributed by atoms with Gasteiger partial charge in [-0.1, -0.05) is 26.0 Å². The third-order valence-electron chi connectivity index (χ3n) is 7.53. The zero-order valence-corrected chi connectivity index (χ0v) is 22.1. The van der Waals surface area contributed by atoms with Gasteiger partial charge in [0.25, 0.3) is 11.5 Å². The summed E-state index contributed by atoms with van der Waals surface area (Å²) in [6, 6.07) is 15.8. The normalized spacial score (nSPS) is 16.4. The van der Waals surface area contributed by atoms with Crippen molar-refractivity contribution in [1.29, 1.82) is 0 Å². The van der Waals surface area contributed by atoms with Crippen molar-refractivity contribution in [3.05, 3.63) is 70.0 Å². The number of fused-ring (bicyclic) bond motifs is 1. The number of aromatic nitrogens is 1. The Balaban J connectivity index is 1.20. The van der Waals surface area contributed by atoms with E-state index in [-0.39, 0.29) is 24.0 Å². The van der Waals surface area contributed by atoms with E-state index in [1.54, 1.807) is 13.2 Å². The van der Waals surface area contributed by atoms with Crippen LogP contribution in [-0.4, -0.2) is 60.2 Å². The molecule has 0 bridgehead atoms. The van der Waals surface area contributed by atoms with Gasteiger partial charge in [0.15, 0.2) is 6.61 Å². The highest BCUT2D eigenvalue weighted by molar-refractivity contribution is 5.85. The molecule has 3 aromatic rings. The molecular formula is C30H37N3O4. The Kier molecular flexibility index (Phi) is 7.51. The molecule has 0 radical (unpaired) electrons. The molecule has 1 saturated carbocycles. The van der Waals surface area contributed by atoms with E-state index in [9.17, 15) is 9.59 Å². The van der Waals surface area contributed by atoms with E-state index >= 15 is 0 Å². The van der Waals surface area contributed by atoms with Crippen molar-refractivity contribution in [1.82, 2.24) is 14.4 Å². The fraction of sp³-hybridized carbons (Fsp3) is 0.467. The van der Waals surface area contributed by atoms with Crippen molar-refractivity contribution < 1.29 is 14.3 Å². The molecule has 1 saturated heterocycles. The van der Waals surface area contributed by atoms with Crippen LogP contribution in [0.3, 0.4) is 0 Å². The number of hydrogen-bond acceptors (Lipinski definition) is 5.